The molecule has 1 aromatic rings. The van der Waals surface area contributed by atoms with Gasteiger partial charge in [0.15, 0.2) is 0 Å². The van der Waals surface area contributed by atoms with Crippen LogP contribution in [0, 0.1) is 6.92 Å². The molecule has 1 heterocycles. The Balaban J connectivity index is 1.84. The van der Waals surface area contributed by atoms with Crippen molar-refractivity contribution in [3.63, 3.8) is 0 Å². The van der Waals surface area contributed by atoms with E-state index in [9.17, 15) is 4.79 Å². The number of hydrogen-bond acceptors (Lipinski definition) is 2. The number of benzene rings is 1. The molecule has 1 saturated carbocycles. The Kier molecular flexibility index (Phi) is 3.63. The minimum absolute atomic E-state index is 0.140. The molecule has 2 atom stereocenters. The molecule has 19 heavy (non-hydrogen) atoms. The monoisotopic (exact) mass is 323 g/mol. The van der Waals surface area contributed by atoms with Crippen molar-refractivity contribution in [2.75, 3.05) is 13.2 Å². The molecule has 4 heteroatoms. The fourth-order valence-electron chi connectivity index (χ4n) is 3.07. The van der Waals surface area contributed by atoms with Crippen LogP contribution in [-0.2, 0) is 4.74 Å². The summed E-state index contributed by atoms with van der Waals surface area (Å²) in [4.78, 5) is 14.7. The molecule has 0 bridgehead atoms. The lowest BCUT2D eigenvalue weighted by atomic mass is 10.1. The smallest absolute Gasteiger partial charge is 0.254 e. The van der Waals surface area contributed by atoms with Gasteiger partial charge in [-0.15, -0.1) is 0 Å². The van der Waals surface area contributed by atoms with Crippen molar-refractivity contribution in [1.82, 2.24) is 4.90 Å². The van der Waals surface area contributed by atoms with Crippen LogP contribution in [0.4, 0.5) is 0 Å². The van der Waals surface area contributed by atoms with Crippen LogP contribution in [0.1, 0.15) is 35.2 Å². The molecule has 0 radical (unpaired) electrons. The molecule has 0 aromatic heterocycles. The quantitative estimate of drug-likeness (QED) is 0.794. The Labute approximate surface area is 122 Å². The molecule has 0 N–H and O–H groups in total. The predicted octanol–water partition coefficient (Wildman–Crippen LogP) is 3.15. The maximum Gasteiger partial charge on any atom is 0.254 e. The molecule has 1 saturated heterocycles. The summed E-state index contributed by atoms with van der Waals surface area (Å²) in [5.74, 6) is 0.140. The van der Waals surface area contributed by atoms with E-state index in [0.29, 0.717) is 13.2 Å². The molecule has 1 amide bonds. The molecule has 102 valence electrons. The van der Waals surface area contributed by atoms with Gasteiger partial charge in [0.1, 0.15) is 0 Å². The summed E-state index contributed by atoms with van der Waals surface area (Å²) >= 11 is 3.50. The maximum atomic E-state index is 12.7. The van der Waals surface area contributed by atoms with Crippen LogP contribution in [0.2, 0.25) is 0 Å². The van der Waals surface area contributed by atoms with E-state index in [-0.39, 0.29) is 18.1 Å². The lowest BCUT2D eigenvalue weighted by molar-refractivity contribution is -0.0445. The number of aryl methyl sites for hydroxylation is 1. The average molecular weight is 324 g/mol. The van der Waals surface area contributed by atoms with Crippen LogP contribution in [0.15, 0.2) is 22.7 Å². The van der Waals surface area contributed by atoms with Crippen molar-refractivity contribution in [1.29, 1.82) is 0 Å². The van der Waals surface area contributed by atoms with E-state index in [1.807, 2.05) is 30.0 Å². The third kappa shape index (κ3) is 2.43. The Hall–Kier alpha value is -0.870. The van der Waals surface area contributed by atoms with Gasteiger partial charge in [0.2, 0.25) is 0 Å². The van der Waals surface area contributed by atoms with Crippen LogP contribution in [0.25, 0.3) is 0 Å². The first-order chi connectivity index (χ1) is 9.16. The van der Waals surface area contributed by atoms with Gasteiger partial charge in [-0.25, -0.2) is 0 Å². The predicted molar refractivity (Wildman–Crippen MR) is 77.3 cm³/mol. The van der Waals surface area contributed by atoms with Crippen LogP contribution >= 0.6 is 15.9 Å². The zero-order chi connectivity index (χ0) is 13.4. The Morgan fingerprint density at radius 2 is 2.26 bits per heavy atom. The summed E-state index contributed by atoms with van der Waals surface area (Å²) in [6, 6.07) is 6.12. The van der Waals surface area contributed by atoms with Gasteiger partial charge >= 0.3 is 0 Å². The summed E-state index contributed by atoms with van der Waals surface area (Å²) in [5, 5.41) is 0. The topological polar surface area (TPSA) is 29.5 Å². The van der Waals surface area contributed by atoms with Gasteiger partial charge in [0, 0.05) is 16.6 Å². The standard InChI is InChI=1S/C15H18BrNO2/c1-10-5-6-11(9-12(10)16)15(18)17-7-8-19-14-4-2-3-13(14)17/h5-6,9,13-14H,2-4,7-8H2,1H3. The summed E-state index contributed by atoms with van der Waals surface area (Å²) in [6.07, 6.45) is 3.58. The molecule has 3 nitrogen and oxygen atoms in total. The number of nitrogens with zero attached hydrogens (tertiary/aromatic N) is 1. The molecule has 3 rings (SSSR count). The van der Waals surface area contributed by atoms with Crippen LogP contribution < -0.4 is 0 Å². The first-order valence-corrected chi connectivity index (χ1v) is 7.65. The Bertz CT molecular complexity index is 503. The molecule has 2 aliphatic rings. The lowest BCUT2D eigenvalue weighted by Crippen LogP contribution is -2.51. The third-order valence-electron chi connectivity index (χ3n) is 4.16. The highest BCUT2D eigenvalue weighted by Gasteiger charge is 2.38. The number of amides is 1. The van der Waals surface area contributed by atoms with Gasteiger partial charge in [0.05, 0.1) is 18.8 Å². The Morgan fingerprint density at radius 3 is 3.05 bits per heavy atom. The molecule has 2 fully saturated rings. The van der Waals surface area contributed by atoms with E-state index >= 15 is 0 Å². The summed E-state index contributed by atoms with van der Waals surface area (Å²) < 4.78 is 6.75. The van der Waals surface area contributed by atoms with Crippen molar-refractivity contribution in [2.45, 2.75) is 38.3 Å². The number of rotatable bonds is 1. The van der Waals surface area contributed by atoms with Crippen molar-refractivity contribution in [2.24, 2.45) is 0 Å². The molecule has 1 aliphatic carbocycles. The fraction of sp³-hybridized carbons (Fsp3) is 0.533. The van der Waals surface area contributed by atoms with Crippen molar-refractivity contribution in [3.05, 3.63) is 33.8 Å². The number of morpholine rings is 1. The van der Waals surface area contributed by atoms with Crippen LogP contribution in [0.5, 0.6) is 0 Å². The molecule has 1 aliphatic heterocycles. The number of carbonyl (C=O) groups excluding carboxylic acids is 1. The number of fused-ring (bicyclic) bond motifs is 1. The largest absolute Gasteiger partial charge is 0.374 e. The van der Waals surface area contributed by atoms with E-state index < -0.39 is 0 Å². The van der Waals surface area contributed by atoms with E-state index in [1.54, 1.807) is 0 Å². The summed E-state index contributed by atoms with van der Waals surface area (Å²) in [7, 11) is 0. The second kappa shape index (κ2) is 5.25. The maximum absolute atomic E-state index is 12.7. The average Bonchev–Trinajstić information content (AvgIpc) is 2.89. The van der Waals surface area contributed by atoms with Gasteiger partial charge in [0.25, 0.3) is 5.91 Å². The van der Waals surface area contributed by atoms with Gasteiger partial charge in [-0.3, -0.25) is 4.79 Å². The van der Waals surface area contributed by atoms with Crippen molar-refractivity contribution < 1.29 is 9.53 Å². The second-order valence-electron chi connectivity index (χ2n) is 5.37. The molecular formula is C15H18BrNO2. The van der Waals surface area contributed by atoms with E-state index in [0.717, 1.165) is 34.9 Å². The SMILES string of the molecule is Cc1ccc(C(=O)N2CCOC3CCCC32)cc1Br. The minimum Gasteiger partial charge on any atom is -0.374 e. The molecule has 2 unspecified atom stereocenters. The first kappa shape index (κ1) is 13.1. The number of carbonyl (C=O) groups is 1. The van der Waals surface area contributed by atoms with E-state index in [1.165, 1.54) is 0 Å². The molecule has 0 spiro atoms. The second-order valence-corrected chi connectivity index (χ2v) is 6.22. The molecular weight excluding hydrogens is 306 g/mol. The Morgan fingerprint density at radius 1 is 1.42 bits per heavy atom. The highest BCUT2D eigenvalue weighted by Crippen LogP contribution is 2.31. The summed E-state index contributed by atoms with van der Waals surface area (Å²) in [5.41, 5.74) is 1.92. The van der Waals surface area contributed by atoms with Gasteiger partial charge in [-0.1, -0.05) is 22.0 Å². The van der Waals surface area contributed by atoms with Crippen LogP contribution in [0.3, 0.4) is 0 Å². The third-order valence-corrected chi connectivity index (χ3v) is 5.02. The minimum atomic E-state index is 0.140. The zero-order valence-electron chi connectivity index (χ0n) is 11.1. The number of ether oxygens (including phenoxy) is 1. The van der Waals surface area contributed by atoms with Gasteiger partial charge in [-0.05, 0) is 43.9 Å². The number of halogens is 1. The lowest BCUT2D eigenvalue weighted by Gasteiger charge is -2.37. The van der Waals surface area contributed by atoms with Gasteiger partial charge < -0.3 is 9.64 Å². The number of hydrogen-bond donors (Lipinski definition) is 0. The fourth-order valence-corrected chi connectivity index (χ4v) is 3.45. The molecule has 1 aromatic carbocycles. The van der Waals surface area contributed by atoms with E-state index in [2.05, 4.69) is 15.9 Å². The first-order valence-electron chi connectivity index (χ1n) is 6.85. The van der Waals surface area contributed by atoms with Gasteiger partial charge in [-0.2, -0.15) is 0 Å². The van der Waals surface area contributed by atoms with Crippen molar-refractivity contribution >= 4 is 21.8 Å². The van der Waals surface area contributed by atoms with E-state index in [4.69, 9.17) is 4.74 Å². The van der Waals surface area contributed by atoms with Crippen molar-refractivity contribution in [3.8, 4) is 0 Å². The highest BCUT2D eigenvalue weighted by atomic mass is 79.9. The highest BCUT2D eigenvalue weighted by molar-refractivity contribution is 9.10. The zero-order valence-corrected chi connectivity index (χ0v) is 12.6. The normalized spacial score (nSPS) is 26.3. The van der Waals surface area contributed by atoms with Crippen LogP contribution in [-0.4, -0.2) is 36.1 Å². The summed E-state index contributed by atoms with van der Waals surface area (Å²) in [6.45, 7) is 3.41.